The minimum Gasteiger partial charge on any atom is -0.396 e. The highest BCUT2D eigenvalue weighted by Crippen LogP contribution is 2.25. The summed E-state index contributed by atoms with van der Waals surface area (Å²) in [4.78, 5) is 10.7. The van der Waals surface area contributed by atoms with Gasteiger partial charge in [0.1, 0.15) is 0 Å². The van der Waals surface area contributed by atoms with Crippen LogP contribution in [-0.4, -0.2) is 17.5 Å². The van der Waals surface area contributed by atoms with E-state index in [0.29, 0.717) is 12.0 Å². The lowest BCUT2D eigenvalue weighted by Gasteiger charge is -2.01. The molecule has 1 rings (SSSR count). The van der Waals surface area contributed by atoms with Gasteiger partial charge in [0.15, 0.2) is 5.78 Å². The summed E-state index contributed by atoms with van der Waals surface area (Å²) in [5.41, 5.74) is 0.609. The molecule has 2 nitrogen and oxygen atoms in total. The SMILES string of the molecule is C=C1C(=O)CC[C@H]1CO. The van der Waals surface area contributed by atoms with E-state index in [4.69, 9.17) is 5.11 Å². The summed E-state index contributed by atoms with van der Waals surface area (Å²) < 4.78 is 0. The van der Waals surface area contributed by atoms with Crippen molar-refractivity contribution in [1.82, 2.24) is 0 Å². The van der Waals surface area contributed by atoms with Crippen LogP contribution in [0, 0.1) is 5.92 Å². The van der Waals surface area contributed by atoms with Gasteiger partial charge in [-0.1, -0.05) is 6.58 Å². The minimum atomic E-state index is 0.0532. The van der Waals surface area contributed by atoms with Gasteiger partial charge < -0.3 is 5.11 Å². The number of Topliss-reactive ketones (excluding diaryl/α,β-unsaturated/α-hetero) is 1. The molecule has 0 aromatic heterocycles. The van der Waals surface area contributed by atoms with Gasteiger partial charge in [-0.3, -0.25) is 4.79 Å². The second kappa shape index (κ2) is 2.31. The maximum Gasteiger partial charge on any atom is 0.158 e. The highest BCUT2D eigenvalue weighted by Gasteiger charge is 2.25. The Morgan fingerprint density at radius 1 is 1.78 bits per heavy atom. The van der Waals surface area contributed by atoms with Gasteiger partial charge >= 0.3 is 0 Å². The third-order valence-electron chi connectivity index (χ3n) is 1.79. The number of aliphatic hydroxyl groups is 1. The average molecular weight is 126 g/mol. The van der Waals surface area contributed by atoms with Crippen LogP contribution >= 0.6 is 0 Å². The molecule has 2 heteroatoms. The lowest BCUT2D eigenvalue weighted by Crippen LogP contribution is -2.03. The third-order valence-corrected chi connectivity index (χ3v) is 1.79. The van der Waals surface area contributed by atoms with E-state index < -0.39 is 0 Å². The fraction of sp³-hybridized carbons (Fsp3) is 0.571. The van der Waals surface area contributed by atoms with E-state index in [1.54, 1.807) is 0 Å². The Hall–Kier alpha value is -0.630. The van der Waals surface area contributed by atoms with E-state index in [1.807, 2.05) is 0 Å². The Morgan fingerprint density at radius 3 is 2.67 bits per heavy atom. The smallest absolute Gasteiger partial charge is 0.158 e. The van der Waals surface area contributed by atoms with E-state index in [0.717, 1.165) is 6.42 Å². The van der Waals surface area contributed by atoms with Crippen LogP contribution in [0.25, 0.3) is 0 Å². The summed E-state index contributed by atoms with van der Waals surface area (Å²) in [6.45, 7) is 3.65. The second-order valence-corrected chi connectivity index (χ2v) is 2.37. The molecular weight excluding hydrogens is 116 g/mol. The molecule has 1 N–H and O–H groups in total. The van der Waals surface area contributed by atoms with Gasteiger partial charge in [-0.2, -0.15) is 0 Å². The summed E-state index contributed by atoms with van der Waals surface area (Å²) >= 11 is 0. The Morgan fingerprint density at radius 2 is 2.44 bits per heavy atom. The monoisotopic (exact) mass is 126 g/mol. The van der Waals surface area contributed by atoms with E-state index in [2.05, 4.69) is 6.58 Å². The van der Waals surface area contributed by atoms with E-state index in [1.165, 1.54) is 0 Å². The molecule has 0 aromatic carbocycles. The molecule has 0 aromatic rings. The number of hydrogen-bond acceptors (Lipinski definition) is 2. The Balaban J connectivity index is 2.62. The van der Waals surface area contributed by atoms with Crippen LogP contribution in [0.2, 0.25) is 0 Å². The fourth-order valence-corrected chi connectivity index (χ4v) is 1.07. The molecule has 50 valence electrons. The summed E-state index contributed by atoms with van der Waals surface area (Å²) in [6.07, 6.45) is 1.36. The zero-order chi connectivity index (χ0) is 6.85. The average Bonchev–Trinajstić information content (AvgIpc) is 2.15. The molecule has 1 aliphatic carbocycles. The molecule has 0 aliphatic heterocycles. The normalized spacial score (nSPS) is 27.4. The first-order valence-corrected chi connectivity index (χ1v) is 3.08. The van der Waals surface area contributed by atoms with Crippen molar-refractivity contribution in [1.29, 1.82) is 0 Å². The standard InChI is InChI=1S/C7H10O2/c1-5-6(4-8)2-3-7(5)9/h6,8H,1-4H2/t6-/m0/s1. The molecule has 0 heterocycles. The summed E-state index contributed by atoms with van der Waals surface area (Å²) in [6, 6.07) is 0. The lowest BCUT2D eigenvalue weighted by atomic mass is 10.1. The van der Waals surface area contributed by atoms with Gasteiger partial charge in [-0.25, -0.2) is 0 Å². The molecule has 0 radical (unpaired) electrons. The van der Waals surface area contributed by atoms with Crippen LogP contribution in [-0.2, 0) is 4.79 Å². The third kappa shape index (κ3) is 1.03. The Bertz CT molecular complexity index is 149. The zero-order valence-electron chi connectivity index (χ0n) is 5.26. The number of ketones is 1. The van der Waals surface area contributed by atoms with E-state index in [9.17, 15) is 4.79 Å². The molecular formula is C7H10O2. The maximum atomic E-state index is 10.7. The molecule has 0 saturated heterocycles. The van der Waals surface area contributed by atoms with Crippen LogP contribution in [0.5, 0.6) is 0 Å². The number of aliphatic hydroxyl groups excluding tert-OH is 1. The number of rotatable bonds is 1. The highest BCUT2D eigenvalue weighted by atomic mass is 16.3. The van der Waals surface area contributed by atoms with Gasteiger partial charge in [0.2, 0.25) is 0 Å². The van der Waals surface area contributed by atoms with Crippen molar-refractivity contribution >= 4 is 5.78 Å². The Labute approximate surface area is 54.2 Å². The van der Waals surface area contributed by atoms with Gasteiger partial charge in [0.25, 0.3) is 0 Å². The van der Waals surface area contributed by atoms with Gasteiger partial charge in [-0.05, 0) is 12.0 Å². The van der Waals surface area contributed by atoms with Crippen LogP contribution in [0.3, 0.4) is 0 Å². The fourth-order valence-electron chi connectivity index (χ4n) is 1.07. The van der Waals surface area contributed by atoms with Crippen molar-refractivity contribution in [3.8, 4) is 0 Å². The molecule has 9 heavy (non-hydrogen) atoms. The first kappa shape index (κ1) is 6.49. The summed E-state index contributed by atoms with van der Waals surface area (Å²) in [5, 5.41) is 8.64. The Kier molecular flexibility index (Phi) is 1.67. The number of hydrogen-bond donors (Lipinski definition) is 1. The van der Waals surface area contributed by atoms with E-state index in [-0.39, 0.29) is 18.3 Å². The maximum absolute atomic E-state index is 10.7. The van der Waals surface area contributed by atoms with Crippen molar-refractivity contribution in [3.05, 3.63) is 12.2 Å². The molecule has 1 saturated carbocycles. The van der Waals surface area contributed by atoms with Crippen molar-refractivity contribution in [2.24, 2.45) is 5.92 Å². The first-order chi connectivity index (χ1) is 4.25. The highest BCUT2D eigenvalue weighted by molar-refractivity contribution is 5.97. The lowest BCUT2D eigenvalue weighted by molar-refractivity contribution is -0.114. The van der Waals surface area contributed by atoms with Crippen molar-refractivity contribution in [2.45, 2.75) is 12.8 Å². The minimum absolute atomic E-state index is 0.0532. The van der Waals surface area contributed by atoms with Crippen LogP contribution < -0.4 is 0 Å². The molecule has 1 fully saturated rings. The number of carbonyl (C=O) groups excluding carboxylic acids is 1. The van der Waals surface area contributed by atoms with Crippen LogP contribution in [0.4, 0.5) is 0 Å². The summed E-state index contributed by atoms with van der Waals surface area (Å²) in [7, 11) is 0. The van der Waals surface area contributed by atoms with Crippen molar-refractivity contribution in [2.75, 3.05) is 6.61 Å². The molecule has 0 amide bonds. The van der Waals surface area contributed by atoms with Crippen LogP contribution in [0.15, 0.2) is 12.2 Å². The van der Waals surface area contributed by atoms with Gasteiger partial charge in [0.05, 0.1) is 6.61 Å². The summed E-state index contributed by atoms with van der Waals surface area (Å²) in [5.74, 6) is 0.173. The topological polar surface area (TPSA) is 37.3 Å². The molecule has 0 unspecified atom stereocenters. The molecule has 1 aliphatic rings. The predicted octanol–water partition coefficient (Wildman–Crippen LogP) is 0.514. The number of carbonyl (C=O) groups is 1. The molecule has 1 atom stereocenters. The van der Waals surface area contributed by atoms with Gasteiger partial charge in [0, 0.05) is 12.3 Å². The molecule has 0 bridgehead atoms. The van der Waals surface area contributed by atoms with E-state index >= 15 is 0 Å². The first-order valence-electron chi connectivity index (χ1n) is 3.08. The van der Waals surface area contributed by atoms with Crippen LogP contribution in [0.1, 0.15) is 12.8 Å². The zero-order valence-corrected chi connectivity index (χ0v) is 5.26. The quantitative estimate of drug-likeness (QED) is 0.520. The predicted molar refractivity (Wildman–Crippen MR) is 34.0 cm³/mol. The largest absolute Gasteiger partial charge is 0.396 e. The molecule has 0 spiro atoms. The van der Waals surface area contributed by atoms with Gasteiger partial charge in [-0.15, -0.1) is 0 Å². The van der Waals surface area contributed by atoms with Crippen molar-refractivity contribution < 1.29 is 9.90 Å². The van der Waals surface area contributed by atoms with Crippen molar-refractivity contribution in [3.63, 3.8) is 0 Å². The second-order valence-electron chi connectivity index (χ2n) is 2.37.